The van der Waals surface area contributed by atoms with Crippen molar-refractivity contribution in [3.8, 4) is 11.5 Å². The van der Waals surface area contributed by atoms with Gasteiger partial charge in [-0.15, -0.1) is 0 Å². The van der Waals surface area contributed by atoms with E-state index in [9.17, 15) is 0 Å². The molecule has 0 saturated carbocycles. The molecule has 17 heavy (non-hydrogen) atoms. The van der Waals surface area contributed by atoms with Gasteiger partial charge in [0.05, 0.1) is 0 Å². The predicted octanol–water partition coefficient (Wildman–Crippen LogP) is 1.38. The number of ether oxygens (including phenoxy) is 2. The molecule has 0 aromatic heterocycles. The molecule has 1 fully saturated rings. The molecule has 2 heterocycles. The van der Waals surface area contributed by atoms with Gasteiger partial charge in [0.2, 0.25) is 6.79 Å². The van der Waals surface area contributed by atoms with Crippen molar-refractivity contribution in [2.24, 2.45) is 0 Å². The lowest BCUT2D eigenvalue weighted by molar-refractivity contribution is 0.159. The first kappa shape index (κ1) is 10.9. The Balaban J connectivity index is 1.92. The minimum atomic E-state index is 0.340. The highest BCUT2D eigenvalue weighted by Gasteiger charge is 2.28. The average molecular weight is 234 g/mol. The van der Waals surface area contributed by atoms with E-state index in [-0.39, 0.29) is 0 Å². The van der Waals surface area contributed by atoms with Crippen molar-refractivity contribution in [2.75, 3.05) is 26.9 Å². The third-order valence-corrected chi connectivity index (χ3v) is 3.62. The van der Waals surface area contributed by atoms with Gasteiger partial charge in [0, 0.05) is 25.2 Å². The molecule has 2 atom stereocenters. The number of hydrogen-bond acceptors (Lipinski definition) is 4. The van der Waals surface area contributed by atoms with Gasteiger partial charge in [-0.3, -0.25) is 4.90 Å². The van der Waals surface area contributed by atoms with Crippen LogP contribution in [-0.2, 0) is 0 Å². The van der Waals surface area contributed by atoms with Crippen LogP contribution in [0.4, 0.5) is 0 Å². The minimum Gasteiger partial charge on any atom is -0.454 e. The third kappa shape index (κ3) is 1.87. The predicted molar refractivity (Wildman–Crippen MR) is 65.4 cm³/mol. The van der Waals surface area contributed by atoms with Crippen LogP contribution < -0.4 is 14.8 Å². The lowest BCUT2D eigenvalue weighted by atomic mass is 9.96. The lowest BCUT2D eigenvalue weighted by Gasteiger charge is -2.38. The van der Waals surface area contributed by atoms with Crippen molar-refractivity contribution in [2.45, 2.75) is 19.0 Å². The van der Waals surface area contributed by atoms with Crippen LogP contribution in [0.25, 0.3) is 0 Å². The number of nitrogens with zero attached hydrogens (tertiary/aromatic N) is 1. The van der Waals surface area contributed by atoms with Crippen molar-refractivity contribution in [1.82, 2.24) is 10.2 Å². The Bertz CT molecular complexity index is 412. The maximum atomic E-state index is 5.44. The largest absolute Gasteiger partial charge is 0.454 e. The fourth-order valence-corrected chi connectivity index (χ4v) is 2.74. The second-order valence-corrected chi connectivity index (χ2v) is 4.78. The van der Waals surface area contributed by atoms with Gasteiger partial charge in [-0.1, -0.05) is 6.07 Å². The summed E-state index contributed by atoms with van der Waals surface area (Å²) in [6, 6.07) is 7.10. The maximum Gasteiger partial charge on any atom is 0.231 e. The molecule has 4 heteroatoms. The summed E-state index contributed by atoms with van der Waals surface area (Å²) in [5.41, 5.74) is 1.29. The van der Waals surface area contributed by atoms with Crippen LogP contribution in [0.5, 0.6) is 11.5 Å². The normalized spacial score (nSPS) is 28.4. The molecule has 92 valence electrons. The van der Waals surface area contributed by atoms with Gasteiger partial charge in [-0.25, -0.2) is 0 Å². The quantitative estimate of drug-likeness (QED) is 0.796. The summed E-state index contributed by atoms with van der Waals surface area (Å²) in [5.74, 6) is 1.72. The van der Waals surface area contributed by atoms with E-state index < -0.39 is 0 Å². The van der Waals surface area contributed by atoms with Crippen LogP contribution in [0, 0.1) is 0 Å². The summed E-state index contributed by atoms with van der Waals surface area (Å²) in [6.45, 7) is 4.69. The molecule has 1 saturated heterocycles. The summed E-state index contributed by atoms with van der Waals surface area (Å²) < 4.78 is 10.8. The Hall–Kier alpha value is -1.26. The van der Waals surface area contributed by atoms with Crippen LogP contribution in [0.2, 0.25) is 0 Å². The molecule has 4 nitrogen and oxygen atoms in total. The fraction of sp³-hybridized carbons (Fsp3) is 0.538. The van der Waals surface area contributed by atoms with Crippen molar-refractivity contribution in [3.63, 3.8) is 0 Å². The number of fused-ring (bicyclic) bond motifs is 1. The molecule has 1 aromatic carbocycles. The smallest absolute Gasteiger partial charge is 0.231 e. The summed E-state index contributed by atoms with van der Waals surface area (Å²) in [6.07, 6.45) is 0. The third-order valence-electron chi connectivity index (χ3n) is 3.62. The van der Waals surface area contributed by atoms with Gasteiger partial charge in [0.25, 0.3) is 0 Å². The van der Waals surface area contributed by atoms with Crippen molar-refractivity contribution >= 4 is 0 Å². The number of likely N-dealkylation sites (N-methyl/N-ethyl adjacent to an activating group) is 1. The van der Waals surface area contributed by atoms with Gasteiger partial charge in [-0.2, -0.15) is 0 Å². The lowest BCUT2D eigenvalue weighted by Crippen LogP contribution is -2.49. The minimum absolute atomic E-state index is 0.340. The Morgan fingerprint density at radius 1 is 1.29 bits per heavy atom. The van der Waals surface area contributed by atoms with Crippen LogP contribution >= 0.6 is 0 Å². The van der Waals surface area contributed by atoms with E-state index in [0.29, 0.717) is 18.9 Å². The molecule has 2 unspecified atom stereocenters. The second-order valence-electron chi connectivity index (χ2n) is 4.78. The second kappa shape index (κ2) is 4.20. The standard InChI is InChI=1S/C13H18N2O2/c1-9-13(15(2)6-5-14-9)10-3-4-11-12(7-10)17-8-16-11/h3-4,7,9,13-14H,5-6,8H2,1-2H3. The Morgan fingerprint density at radius 2 is 2.12 bits per heavy atom. The van der Waals surface area contributed by atoms with E-state index in [0.717, 1.165) is 24.6 Å². The van der Waals surface area contributed by atoms with E-state index in [1.807, 2.05) is 6.07 Å². The molecule has 0 bridgehead atoms. The van der Waals surface area contributed by atoms with E-state index in [4.69, 9.17) is 9.47 Å². The van der Waals surface area contributed by atoms with Crippen molar-refractivity contribution in [3.05, 3.63) is 23.8 Å². The molecule has 2 aliphatic rings. The molecular weight excluding hydrogens is 216 g/mol. The van der Waals surface area contributed by atoms with E-state index in [1.54, 1.807) is 0 Å². The fourth-order valence-electron chi connectivity index (χ4n) is 2.74. The highest BCUT2D eigenvalue weighted by Crippen LogP contribution is 2.36. The van der Waals surface area contributed by atoms with E-state index in [2.05, 4.69) is 36.3 Å². The van der Waals surface area contributed by atoms with Crippen LogP contribution in [-0.4, -0.2) is 37.9 Å². The molecule has 0 spiro atoms. The summed E-state index contributed by atoms with van der Waals surface area (Å²) in [5, 5.41) is 3.51. The summed E-state index contributed by atoms with van der Waals surface area (Å²) >= 11 is 0. The summed E-state index contributed by atoms with van der Waals surface area (Å²) in [4.78, 5) is 2.39. The maximum absolute atomic E-state index is 5.44. The topological polar surface area (TPSA) is 33.7 Å². The van der Waals surface area contributed by atoms with Crippen LogP contribution in [0.3, 0.4) is 0 Å². The number of nitrogens with one attached hydrogen (secondary N) is 1. The Morgan fingerprint density at radius 3 is 2.94 bits per heavy atom. The SMILES string of the molecule is CC1NCCN(C)C1c1ccc2c(c1)OCO2. The van der Waals surface area contributed by atoms with Gasteiger partial charge in [0.1, 0.15) is 0 Å². The molecule has 1 N–H and O–H groups in total. The zero-order chi connectivity index (χ0) is 11.8. The molecule has 0 amide bonds. The number of benzene rings is 1. The van der Waals surface area contributed by atoms with Gasteiger partial charge < -0.3 is 14.8 Å². The van der Waals surface area contributed by atoms with Crippen molar-refractivity contribution in [1.29, 1.82) is 0 Å². The van der Waals surface area contributed by atoms with E-state index >= 15 is 0 Å². The molecule has 0 radical (unpaired) electrons. The molecular formula is C13H18N2O2. The van der Waals surface area contributed by atoms with Crippen LogP contribution in [0.1, 0.15) is 18.5 Å². The molecule has 2 aliphatic heterocycles. The number of hydrogen-bond donors (Lipinski definition) is 1. The monoisotopic (exact) mass is 234 g/mol. The Labute approximate surface area is 102 Å². The first-order chi connectivity index (χ1) is 8.25. The van der Waals surface area contributed by atoms with Gasteiger partial charge in [0.15, 0.2) is 11.5 Å². The average Bonchev–Trinajstić information content (AvgIpc) is 2.76. The first-order valence-corrected chi connectivity index (χ1v) is 6.09. The zero-order valence-corrected chi connectivity index (χ0v) is 10.3. The van der Waals surface area contributed by atoms with Gasteiger partial charge >= 0.3 is 0 Å². The van der Waals surface area contributed by atoms with Crippen LogP contribution in [0.15, 0.2) is 18.2 Å². The highest BCUT2D eigenvalue weighted by molar-refractivity contribution is 5.45. The van der Waals surface area contributed by atoms with Crippen molar-refractivity contribution < 1.29 is 9.47 Å². The summed E-state index contributed by atoms with van der Waals surface area (Å²) in [7, 11) is 2.17. The molecule has 1 aromatic rings. The highest BCUT2D eigenvalue weighted by atomic mass is 16.7. The number of rotatable bonds is 1. The molecule has 0 aliphatic carbocycles. The first-order valence-electron chi connectivity index (χ1n) is 6.09. The van der Waals surface area contributed by atoms with Gasteiger partial charge in [-0.05, 0) is 31.7 Å². The Kier molecular flexibility index (Phi) is 2.68. The van der Waals surface area contributed by atoms with E-state index in [1.165, 1.54) is 5.56 Å². The number of piperazine rings is 1. The zero-order valence-electron chi connectivity index (χ0n) is 10.3. The molecule has 3 rings (SSSR count).